The molecule has 144 valence electrons. The van der Waals surface area contributed by atoms with Crippen molar-refractivity contribution in [3.63, 3.8) is 0 Å². The normalized spacial score (nSPS) is 11.4. The number of non-ortho nitro benzene ring substituents is 1. The Morgan fingerprint density at radius 3 is 2.70 bits per heavy atom. The van der Waals surface area contributed by atoms with E-state index in [4.69, 9.17) is 21.1 Å². The number of nitro benzene ring substituents is 1. The van der Waals surface area contributed by atoms with E-state index < -0.39 is 14.9 Å². The highest BCUT2D eigenvalue weighted by molar-refractivity contribution is 7.89. The molecule has 11 heteroatoms. The molecular formula is C16H16ClN3O6S. The summed E-state index contributed by atoms with van der Waals surface area (Å²) in [4.78, 5) is 11.8. The van der Waals surface area contributed by atoms with Gasteiger partial charge >= 0.3 is 0 Å². The molecule has 0 saturated heterocycles. The van der Waals surface area contributed by atoms with E-state index >= 15 is 0 Å². The molecule has 0 amide bonds. The first kappa shape index (κ1) is 20.5. The molecule has 0 atom stereocenters. The largest absolute Gasteiger partial charge is 0.493 e. The molecule has 2 aromatic carbocycles. The Bertz CT molecular complexity index is 978. The van der Waals surface area contributed by atoms with Crippen LogP contribution in [0.4, 0.5) is 5.69 Å². The van der Waals surface area contributed by atoms with Gasteiger partial charge in [0.1, 0.15) is 0 Å². The van der Waals surface area contributed by atoms with Gasteiger partial charge in [-0.3, -0.25) is 10.1 Å². The van der Waals surface area contributed by atoms with Gasteiger partial charge in [-0.05, 0) is 30.7 Å². The summed E-state index contributed by atoms with van der Waals surface area (Å²) < 4.78 is 35.0. The van der Waals surface area contributed by atoms with Gasteiger partial charge in [0.25, 0.3) is 15.7 Å². The second-order valence-electron chi connectivity index (χ2n) is 5.07. The molecule has 2 aromatic rings. The molecule has 27 heavy (non-hydrogen) atoms. The average Bonchev–Trinajstić information content (AvgIpc) is 2.63. The first-order chi connectivity index (χ1) is 12.8. The molecule has 0 spiro atoms. The average molecular weight is 414 g/mol. The van der Waals surface area contributed by atoms with E-state index in [1.165, 1.54) is 37.6 Å². The van der Waals surface area contributed by atoms with Gasteiger partial charge in [0.05, 0.1) is 34.8 Å². The third-order valence-electron chi connectivity index (χ3n) is 3.27. The molecule has 2 rings (SSSR count). The highest BCUT2D eigenvalue weighted by Gasteiger charge is 2.17. The van der Waals surface area contributed by atoms with Crippen molar-refractivity contribution in [2.45, 2.75) is 11.8 Å². The molecule has 0 aliphatic carbocycles. The number of methoxy groups -OCH3 is 1. The zero-order valence-corrected chi connectivity index (χ0v) is 16.0. The fourth-order valence-corrected chi connectivity index (χ4v) is 3.19. The van der Waals surface area contributed by atoms with Crippen LogP contribution in [0.25, 0.3) is 0 Å². The quantitative estimate of drug-likeness (QED) is 0.403. The zero-order chi connectivity index (χ0) is 20.0. The molecule has 9 nitrogen and oxygen atoms in total. The summed E-state index contributed by atoms with van der Waals surface area (Å²) in [5.41, 5.74) is 0.118. The summed E-state index contributed by atoms with van der Waals surface area (Å²) >= 11 is 6.13. The lowest BCUT2D eigenvalue weighted by Crippen LogP contribution is -2.18. The Kier molecular flexibility index (Phi) is 6.59. The number of hydrazone groups is 1. The summed E-state index contributed by atoms with van der Waals surface area (Å²) in [6, 6.07) is 7.72. The lowest BCUT2D eigenvalue weighted by atomic mass is 10.2. The maximum absolute atomic E-state index is 12.2. The standard InChI is InChI=1S/C16H16ClN3O6S/c1-3-26-16-14(17)7-11(8-15(16)25-2)10-18-19-27(23,24)13-6-4-5-12(9-13)20(21)22/h4-10,19H,3H2,1-2H3/b18-10+. The Labute approximate surface area is 160 Å². The van der Waals surface area contributed by atoms with Gasteiger partial charge in [-0.25, -0.2) is 4.83 Å². The Morgan fingerprint density at radius 2 is 2.07 bits per heavy atom. The molecule has 0 radical (unpaired) electrons. The number of nitrogens with one attached hydrogen (secondary N) is 1. The van der Waals surface area contributed by atoms with Gasteiger partial charge in [-0.2, -0.15) is 13.5 Å². The van der Waals surface area contributed by atoms with Gasteiger partial charge in [0.2, 0.25) is 0 Å². The molecule has 0 saturated carbocycles. The molecule has 1 N–H and O–H groups in total. The minimum atomic E-state index is -4.07. The van der Waals surface area contributed by atoms with E-state index in [0.29, 0.717) is 23.7 Å². The van der Waals surface area contributed by atoms with Gasteiger partial charge < -0.3 is 9.47 Å². The second kappa shape index (κ2) is 8.69. The third-order valence-corrected chi connectivity index (χ3v) is 4.77. The van der Waals surface area contributed by atoms with Crippen LogP contribution in [0, 0.1) is 10.1 Å². The maximum Gasteiger partial charge on any atom is 0.276 e. The third kappa shape index (κ3) is 5.08. The monoisotopic (exact) mass is 413 g/mol. The highest BCUT2D eigenvalue weighted by Crippen LogP contribution is 2.36. The van der Waals surface area contributed by atoms with Crippen molar-refractivity contribution in [2.24, 2.45) is 5.10 Å². The summed E-state index contributed by atoms with van der Waals surface area (Å²) in [5.74, 6) is 0.739. The second-order valence-corrected chi connectivity index (χ2v) is 7.14. The van der Waals surface area contributed by atoms with Gasteiger partial charge in [-0.1, -0.05) is 17.7 Å². The number of hydrogen-bond acceptors (Lipinski definition) is 7. The van der Waals surface area contributed by atoms with E-state index in [1.807, 2.05) is 4.83 Å². The first-order valence-corrected chi connectivity index (χ1v) is 9.44. The maximum atomic E-state index is 12.2. The number of halogens is 1. The Hall–Kier alpha value is -2.85. The number of rotatable bonds is 8. The Balaban J connectivity index is 2.22. The number of ether oxygens (including phenoxy) is 2. The lowest BCUT2D eigenvalue weighted by Gasteiger charge is -2.11. The Morgan fingerprint density at radius 1 is 1.33 bits per heavy atom. The summed E-state index contributed by atoms with van der Waals surface area (Å²) in [6.07, 6.45) is 1.22. The number of sulfonamides is 1. The van der Waals surface area contributed by atoms with Crippen LogP contribution < -0.4 is 14.3 Å². The topological polar surface area (TPSA) is 120 Å². The minimum absolute atomic E-state index is 0.277. The summed E-state index contributed by atoms with van der Waals surface area (Å²) in [7, 11) is -2.63. The van der Waals surface area contributed by atoms with Crippen molar-refractivity contribution in [2.75, 3.05) is 13.7 Å². The van der Waals surface area contributed by atoms with Crippen LogP contribution in [0.15, 0.2) is 46.4 Å². The number of hydrogen-bond donors (Lipinski definition) is 1. The van der Waals surface area contributed by atoms with Crippen LogP contribution >= 0.6 is 11.6 Å². The minimum Gasteiger partial charge on any atom is -0.493 e. The first-order valence-electron chi connectivity index (χ1n) is 7.58. The number of benzene rings is 2. The van der Waals surface area contributed by atoms with E-state index in [-0.39, 0.29) is 15.6 Å². The van der Waals surface area contributed by atoms with Crippen LogP contribution in [0.5, 0.6) is 11.5 Å². The molecule has 0 bridgehead atoms. The van der Waals surface area contributed by atoms with E-state index in [0.717, 1.165) is 6.07 Å². The van der Waals surface area contributed by atoms with Gasteiger partial charge in [0.15, 0.2) is 11.5 Å². The van der Waals surface area contributed by atoms with Crippen molar-refractivity contribution in [1.29, 1.82) is 0 Å². The molecule has 0 aromatic heterocycles. The van der Waals surface area contributed by atoms with Crippen molar-refractivity contribution < 1.29 is 22.8 Å². The van der Waals surface area contributed by atoms with Crippen molar-refractivity contribution in [1.82, 2.24) is 4.83 Å². The molecule has 0 aliphatic rings. The summed E-state index contributed by atoms with van der Waals surface area (Å²) in [5, 5.41) is 14.7. The predicted molar refractivity (Wildman–Crippen MR) is 100 cm³/mol. The molecule has 0 heterocycles. The van der Waals surface area contributed by atoms with Crippen LogP contribution in [0.2, 0.25) is 5.02 Å². The van der Waals surface area contributed by atoms with Crippen LogP contribution in [-0.4, -0.2) is 33.3 Å². The van der Waals surface area contributed by atoms with Crippen LogP contribution in [-0.2, 0) is 10.0 Å². The van der Waals surface area contributed by atoms with E-state index in [1.54, 1.807) is 13.0 Å². The number of nitro groups is 1. The molecule has 0 fully saturated rings. The highest BCUT2D eigenvalue weighted by atomic mass is 35.5. The van der Waals surface area contributed by atoms with E-state index in [9.17, 15) is 18.5 Å². The van der Waals surface area contributed by atoms with Gasteiger partial charge in [-0.15, -0.1) is 0 Å². The molecule has 0 aliphatic heterocycles. The van der Waals surface area contributed by atoms with Crippen LogP contribution in [0.1, 0.15) is 12.5 Å². The van der Waals surface area contributed by atoms with Crippen molar-refractivity contribution in [3.8, 4) is 11.5 Å². The zero-order valence-electron chi connectivity index (χ0n) is 14.4. The van der Waals surface area contributed by atoms with E-state index in [2.05, 4.69) is 5.10 Å². The summed E-state index contributed by atoms with van der Waals surface area (Å²) in [6.45, 7) is 2.19. The van der Waals surface area contributed by atoms with Crippen molar-refractivity contribution in [3.05, 3.63) is 57.1 Å². The van der Waals surface area contributed by atoms with Gasteiger partial charge in [0, 0.05) is 12.1 Å². The molecule has 0 unspecified atom stereocenters. The smallest absolute Gasteiger partial charge is 0.276 e. The molecular weight excluding hydrogens is 398 g/mol. The van der Waals surface area contributed by atoms with Crippen LogP contribution in [0.3, 0.4) is 0 Å². The lowest BCUT2D eigenvalue weighted by molar-refractivity contribution is -0.385. The van der Waals surface area contributed by atoms with Crippen molar-refractivity contribution >= 4 is 33.5 Å². The predicted octanol–water partition coefficient (Wildman–Crippen LogP) is 2.97. The number of nitrogens with zero attached hydrogens (tertiary/aromatic N) is 2. The fraction of sp³-hybridized carbons (Fsp3) is 0.188. The fourth-order valence-electron chi connectivity index (χ4n) is 2.09. The SMILES string of the molecule is CCOc1c(Cl)cc(/C=N/NS(=O)(=O)c2cccc([N+](=O)[O-])c2)cc1OC.